The van der Waals surface area contributed by atoms with E-state index in [1.54, 1.807) is 43.0 Å². The second-order valence-electron chi connectivity index (χ2n) is 6.60. The lowest BCUT2D eigenvalue weighted by Crippen LogP contribution is -2.31. The second-order valence-corrected chi connectivity index (χ2v) is 6.60. The lowest BCUT2D eigenvalue weighted by Gasteiger charge is -2.27. The van der Waals surface area contributed by atoms with Crippen molar-refractivity contribution in [3.8, 4) is 23.2 Å². The summed E-state index contributed by atoms with van der Waals surface area (Å²) in [5, 5.41) is 16.8. The summed E-state index contributed by atoms with van der Waals surface area (Å²) in [5.74, 6) is 1.20. The molecule has 8 nitrogen and oxygen atoms in total. The average molecular weight is 386 g/mol. The molecular weight excluding hydrogens is 368 g/mol. The van der Waals surface area contributed by atoms with E-state index in [-0.39, 0.29) is 0 Å². The zero-order valence-corrected chi connectivity index (χ0v) is 15.9. The SMILES string of the molecule is COc1ccc(-c2nc3n(n2)C(c2ccc(C#N)cc2)C(C(N)=O)=C(C)N3)cc1. The van der Waals surface area contributed by atoms with Gasteiger partial charge in [-0.1, -0.05) is 12.1 Å². The lowest BCUT2D eigenvalue weighted by atomic mass is 9.95. The highest BCUT2D eigenvalue weighted by Crippen LogP contribution is 2.36. The Morgan fingerprint density at radius 3 is 2.48 bits per heavy atom. The van der Waals surface area contributed by atoms with Crippen LogP contribution < -0.4 is 15.8 Å². The van der Waals surface area contributed by atoms with Crippen molar-refractivity contribution in [3.05, 3.63) is 70.9 Å². The van der Waals surface area contributed by atoms with E-state index in [2.05, 4.69) is 21.5 Å². The molecule has 2 heterocycles. The summed E-state index contributed by atoms with van der Waals surface area (Å²) in [6.45, 7) is 1.78. The topological polar surface area (TPSA) is 119 Å². The van der Waals surface area contributed by atoms with Gasteiger partial charge in [0.15, 0.2) is 5.82 Å². The Bertz CT molecular complexity index is 1150. The standard InChI is InChI=1S/C21H18N6O2/c1-12-17(19(23)28)18(14-5-3-13(11-22)4-6-14)27-21(24-12)25-20(26-27)15-7-9-16(29-2)10-8-15/h3-10,18H,1-2H3,(H2,23,28)(H,24,25,26). The number of nitriles is 1. The number of hydrogen-bond donors (Lipinski definition) is 2. The summed E-state index contributed by atoms with van der Waals surface area (Å²) >= 11 is 0. The van der Waals surface area contributed by atoms with Gasteiger partial charge in [0.1, 0.15) is 11.8 Å². The Morgan fingerprint density at radius 1 is 1.21 bits per heavy atom. The molecule has 0 radical (unpaired) electrons. The Morgan fingerprint density at radius 2 is 1.90 bits per heavy atom. The Balaban J connectivity index is 1.83. The van der Waals surface area contributed by atoms with Gasteiger partial charge in [-0.25, -0.2) is 4.68 Å². The number of primary amides is 1. The Hall–Kier alpha value is -4.12. The number of rotatable bonds is 4. The van der Waals surface area contributed by atoms with Crippen LogP contribution in [0.1, 0.15) is 24.1 Å². The first-order chi connectivity index (χ1) is 14.0. The molecule has 1 unspecified atom stereocenters. The van der Waals surface area contributed by atoms with Crippen molar-refractivity contribution < 1.29 is 9.53 Å². The molecular formula is C21H18N6O2. The van der Waals surface area contributed by atoms with Crippen molar-refractivity contribution in [3.63, 3.8) is 0 Å². The number of nitrogens with zero attached hydrogens (tertiary/aromatic N) is 4. The first-order valence-corrected chi connectivity index (χ1v) is 8.90. The molecule has 2 aromatic carbocycles. The highest BCUT2D eigenvalue weighted by molar-refractivity contribution is 5.95. The van der Waals surface area contributed by atoms with E-state index >= 15 is 0 Å². The van der Waals surface area contributed by atoms with Crippen LogP contribution in [0.15, 0.2) is 59.8 Å². The number of amides is 1. The van der Waals surface area contributed by atoms with Crippen LogP contribution in [0.3, 0.4) is 0 Å². The van der Waals surface area contributed by atoms with Gasteiger partial charge in [0, 0.05) is 11.3 Å². The molecule has 3 N–H and O–H groups in total. The summed E-state index contributed by atoms with van der Waals surface area (Å²) in [6.07, 6.45) is 0. The molecule has 1 atom stereocenters. The number of methoxy groups -OCH3 is 1. The fourth-order valence-electron chi connectivity index (χ4n) is 3.38. The van der Waals surface area contributed by atoms with Crippen LogP contribution in [0, 0.1) is 11.3 Å². The van der Waals surface area contributed by atoms with Crippen molar-refractivity contribution in [2.45, 2.75) is 13.0 Å². The molecule has 0 saturated carbocycles. The number of ether oxygens (including phenoxy) is 1. The van der Waals surface area contributed by atoms with Gasteiger partial charge >= 0.3 is 0 Å². The number of nitrogens with one attached hydrogen (secondary N) is 1. The van der Waals surface area contributed by atoms with Crippen LogP contribution >= 0.6 is 0 Å². The summed E-state index contributed by atoms with van der Waals surface area (Å²) in [6, 6.07) is 15.9. The molecule has 0 fully saturated rings. The third-order valence-corrected chi connectivity index (χ3v) is 4.82. The number of carbonyl (C=O) groups is 1. The molecule has 0 bridgehead atoms. The molecule has 8 heteroatoms. The molecule has 0 aliphatic carbocycles. The van der Waals surface area contributed by atoms with Crippen molar-refractivity contribution in [2.24, 2.45) is 5.73 Å². The summed E-state index contributed by atoms with van der Waals surface area (Å²) in [4.78, 5) is 16.8. The molecule has 1 aromatic heterocycles. The minimum atomic E-state index is -0.545. The van der Waals surface area contributed by atoms with Crippen molar-refractivity contribution >= 4 is 11.9 Å². The number of nitrogens with two attached hydrogens (primary N) is 1. The van der Waals surface area contributed by atoms with Crippen LogP contribution in [-0.2, 0) is 4.79 Å². The fourth-order valence-corrected chi connectivity index (χ4v) is 3.38. The van der Waals surface area contributed by atoms with Gasteiger partial charge < -0.3 is 15.8 Å². The first-order valence-electron chi connectivity index (χ1n) is 8.90. The third-order valence-electron chi connectivity index (χ3n) is 4.82. The number of fused-ring (bicyclic) bond motifs is 1. The van der Waals surface area contributed by atoms with Gasteiger partial charge in [-0.3, -0.25) is 4.79 Å². The first kappa shape index (κ1) is 18.3. The summed E-state index contributed by atoms with van der Waals surface area (Å²) in [5.41, 5.74) is 8.82. The van der Waals surface area contributed by atoms with E-state index in [1.807, 2.05) is 24.3 Å². The molecule has 0 spiro atoms. The van der Waals surface area contributed by atoms with Crippen LogP contribution in [0.25, 0.3) is 11.4 Å². The van der Waals surface area contributed by atoms with Gasteiger partial charge in [0.2, 0.25) is 11.9 Å². The largest absolute Gasteiger partial charge is 0.497 e. The molecule has 144 valence electrons. The average Bonchev–Trinajstić information content (AvgIpc) is 3.16. The monoisotopic (exact) mass is 386 g/mol. The highest BCUT2D eigenvalue weighted by Gasteiger charge is 2.33. The molecule has 1 aliphatic rings. The highest BCUT2D eigenvalue weighted by atomic mass is 16.5. The zero-order valence-electron chi connectivity index (χ0n) is 15.9. The van der Waals surface area contributed by atoms with E-state index < -0.39 is 11.9 Å². The van der Waals surface area contributed by atoms with E-state index in [9.17, 15) is 4.79 Å². The Labute approximate surface area is 167 Å². The summed E-state index contributed by atoms with van der Waals surface area (Å²) in [7, 11) is 1.61. The normalized spacial score (nSPS) is 15.3. The van der Waals surface area contributed by atoms with Crippen LogP contribution in [-0.4, -0.2) is 27.8 Å². The predicted octanol–water partition coefficient (Wildman–Crippen LogP) is 2.60. The number of benzene rings is 2. The molecule has 29 heavy (non-hydrogen) atoms. The van der Waals surface area contributed by atoms with Crippen molar-refractivity contribution in [1.29, 1.82) is 5.26 Å². The minimum absolute atomic E-state index is 0.397. The van der Waals surface area contributed by atoms with Crippen molar-refractivity contribution in [2.75, 3.05) is 12.4 Å². The van der Waals surface area contributed by atoms with E-state index in [0.717, 1.165) is 16.9 Å². The maximum absolute atomic E-state index is 12.2. The number of carbonyl (C=O) groups excluding carboxylic acids is 1. The predicted molar refractivity (Wildman–Crippen MR) is 107 cm³/mol. The molecule has 4 rings (SSSR count). The molecule has 1 aliphatic heterocycles. The van der Waals surface area contributed by atoms with E-state index in [4.69, 9.17) is 15.7 Å². The lowest BCUT2D eigenvalue weighted by molar-refractivity contribution is -0.115. The molecule has 3 aromatic rings. The van der Waals surface area contributed by atoms with Gasteiger partial charge in [-0.2, -0.15) is 10.2 Å². The van der Waals surface area contributed by atoms with Crippen molar-refractivity contribution in [1.82, 2.24) is 14.8 Å². The molecule has 1 amide bonds. The number of anilines is 1. The third kappa shape index (κ3) is 3.19. The number of hydrogen-bond acceptors (Lipinski definition) is 6. The minimum Gasteiger partial charge on any atom is -0.497 e. The molecule has 0 saturated heterocycles. The van der Waals surface area contributed by atoms with Gasteiger partial charge in [-0.05, 0) is 48.9 Å². The maximum atomic E-state index is 12.2. The quantitative estimate of drug-likeness (QED) is 0.711. The van der Waals surface area contributed by atoms with Crippen LogP contribution in [0.5, 0.6) is 5.75 Å². The number of allylic oxidation sites excluding steroid dienone is 1. The fraction of sp³-hybridized carbons (Fsp3) is 0.143. The number of aromatic nitrogens is 3. The van der Waals surface area contributed by atoms with Crippen LogP contribution in [0.2, 0.25) is 0 Å². The summed E-state index contributed by atoms with van der Waals surface area (Å²) < 4.78 is 6.84. The van der Waals surface area contributed by atoms with E-state index in [1.165, 1.54) is 0 Å². The Kier molecular flexibility index (Phi) is 4.49. The van der Waals surface area contributed by atoms with E-state index in [0.29, 0.717) is 28.6 Å². The second kappa shape index (κ2) is 7.13. The maximum Gasteiger partial charge on any atom is 0.248 e. The van der Waals surface area contributed by atoms with Gasteiger partial charge in [0.25, 0.3) is 0 Å². The smallest absolute Gasteiger partial charge is 0.248 e. The van der Waals surface area contributed by atoms with Gasteiger partial charge in [0.05, 0.1) is 24.3 Å². The zero-order chi connectivity index (χ0) is 20.5. The van der Waals surface area contributed by atoms with Crippen LogP contribution in [0.4, 0.5) is 5.95 Å². The van der Waals surface area contributed by atoms with Gasteiger partial charge in [-0.15, -0.1) is 5.10 Å².